The number of rotatable bonds is 7. The maximum atomic E-state index is 9.59. The van der Waals surface area contributed by atoms with Gasteiger partial charge in [-0.2, -0.15) is 11.8 Å². The van der Waals surface area contributed by atoms with Crippen LogP contribution in [0.25, 0.3) is 0 Å². The topological polar surface area (TPSA) is 55.5 Å². The summed E-state index contributed by atoms with van der Waals surface area (Å²) in [5, 5.41) is 9.59. The molecule has 0 aromatic heterocycles. The van der Waals surface area contributed by atoms with Gasteiger partial charge in [-0.15, -0.1) is 0 Å². The highest BCUT2D eigenvalue weighted by atomic mass is 32.2. The van der Waals surface area contributed by atoms with Crippen molar-refractivity contribution >= 4 is 11.8 Å². The van der Waals surface area contributed by atoms with E-state index in [1.165, 1.54) is 12.8 Å². The van der Waals surface area contributed by atoms with Crippen LogP contribution in [0, 0.1) is 0 Å². The molecule has 0 radical (unpaired) electrons. The molecule has 3 N–H and O–H groups in total. The molecule has 1 aromatic rings. The number of hydrogen-bond acceptors (Lipinski definition) is 4. The smallest absolute Gasteiger partial charge is 0.0666 e. The highest BCUT2D eigenvalue weighted by Crippen LogP contribution is 2.25. The van der Waals surface area contributed by atoms with Crippen molar-refractivity contribution in [2.24, 2.45) is 5.73 Å². The lowest BCUT2D eigenvalue weighted by Crippen LogP contribution is -2.41. The molecule has 1 aromatic carbocycles. The second kappa shape index (κ2) is 7.29. The third-order valence-corrected chi connectivity index (χ3v) is 4.75. The van der Waals surface area contributed by atoms with E-state index < -0.39 is 5.54 Å². The van der Waals surface area contributed by atoms with E-state index in [9.17, 15) is 5.11 Å². The molecule has 106 valence electrons. The van der Waals surface area contributed by atoms with Gasteiger partial charge in [-0.25, -0.2) is 0 Å². The molecule has 2 unspecified atom stereocenters. The van der Waals surface area contributed by atoms with Crippen molar-refractivity contribution in [3.05, 3.63) is 35.9 Å². The molecule has 1 saturated heterocycles. The van der Waals surface area contributed by atoms with Crippen LogP contribution in [-0.2, 0) is 10.3 Å². The molecule has 1 heterocycles. The molecule has 19 heavy (non-hydrogen) atoms. The Morgan fingerprint density at radius 1 is 1.37 bits per heavy atom. The molecule has 0 aliphatic carbocycles. The summed E-state index contributed by atoms with van der Waals surface area (Å²) in [5.74, 6) is 1.99. The van der Waals surface area contributed by atoms with Gasteiger partial charge in [0.25, 0.3) is 0 Å². The van der Waals surface area contributed by atoms with Crippen LogP contribution in [0.2, 0.25) is 0 Å². The van der Waals surface area contributed by atoms with Crippen molar-refractivity contribution in [3.63, 3.8) is 0 Å². The first kappa shape index (κ1) is 14.9. The van der Waals surface area contributed by atoms with E-state index in [2.05, 4.69) is 0 Å². The van der Waals surface area contributed by atoms with Crippen LogP contribution in [0.5, 0.6) is 0 Å². The molecule has 3 nitrogen and oxygen atoms in total. The second-order valence-corrected chi connectivity index (χ2v) is 6.29. The molecule has 2 atom stereocenters. The largest absolute Gasteiger partial charge is 0.394 e. The van der Waals surface area contributed by atoms with Crippen molar-refractivity contribution in [1.29, 1.82) is 0 Å². The fourth-order valence-corrected chi connectivity index (χ4v) is 3.53. The summed E-state index contributed by atoms with van der Waals surface area (Å²) in [7, 11) is 0. The number of ether oxygens (including phenoxy) is 1. The van der Waals surface area contributed by atoms with Crippen molar-refractivity contribution in [3.8, 4) is 0 Å². The monoisotopic (exact) mass is 281 g/mol. The highest BCUT2D eigenvalue weighted by Gasteiger charge is 2.26. The average Bonchev–Trinajstić information content (AvgIpc) is 2.97. The summed E-state index contributed by atoms with van der Waals surface area (Å²) < 4.78 is 5.59. The van der Waals surface area contributed by atoms with Gasteiger partial charge >= 0.3 is 0 Å². The van der Waals surface area contributed by atoms with Gasteiger partial charge in [-0.1, -0.05) is 30.3 Å². The molecule has 1 fully saturated rings. The van der Waals surface area contributed by atoms with Crippen LogP contribution >= 0.6 is 11.8 Å². The van der Waals surface area contributed by atoms with Gasteiger partial charge in [0.2, 0.25) is 0 Å². The van der Waals surface area contributed by atoms with Crippen molar-refractivity contribution < 1.29 is 9.84 Å². The fourth-order valence-electron chi connectivity index (χ4n) is 2.33. The number of nitrogens with two attached hydrogens (primary N) is 1. The quantitative estimate of drug-likeness (QED) is 0.752. The highest BCUT2D eigenvalue weighted by molar-refractivity contribution is 7.99. The molecule has 0 bridgehead atoms. The van der Waals surface area contributed by atoms with Crippen LogP contribution in [0.1, 0.15) is 24.8 Å². The lowest BCUT2D eigenvalue weighted by molar-refractivity contribution is 0.129. The Morgan fingerprint density at radius 3 is 2.79 bits per heavy atom. The summed E-state index contributed by atoms with van der Waals surface area (Å²) in [6.07, 6.45) is 3.57. The SMILES string of the molecule is NC(CO)(CCSCC1CCCO1)c1ccccc1. The van der Waals surface area contributed by atoms with E-state index in [4.69, 9.17) is 10.5 Å². The molecular formula is C15H23NO2S. The molecule has 0 saturated carbocycles. The number of aliphatic hydroxyl groups excluding tert-OH is 1. The van der Waals surface area contributed by atoms with Crippen LogP contribution in [-0.4, -0.2) is 35.9 Å². The van der Waals surface area contributed by atoms with Gasteiger partial charge in [-0.3, -0.25) is 0 Å². The van der Waals surface area contributed by atoms with Crippen LogP contribution < -0.4 is 5.73 Å². The molecule has 0 spiro atoms. The van der Waals surface area contributed by atoms with E-state index in [-0.39, 0.29) is 6.61 Å². The van der Waals surface area contributed by atoms with E-state index in [1.807, 2.05) is 42.1 Å². The number of thioether (sulfide) groups is 1. The Bertz CT molecular complexity index is 368. The van der Waals surface area contributed by atoms with Gasteiger partial charge in [-0.05, 0) is 30.6 Å². The summed E-state index contributed by atoms with van der Waals surface area (Å²) in [5.41, 5.74) is 6.71. The minimum atomic E-state index is -0.620. The molecular weight excluding hydrogens is 258 g/mol. The normalized spacial score (nSPS) is 22.3. The van der Waals surface area contributed by atoms with Crippen molar-refractivity contribution in [2.45, 2.75) is 30.9 Å². The molecule has 1 aliphatic heterocycles. The maximum absolute atomic E-state index is 9.59. The van der Waals surface area contributed by atoms with E-state index in [1.54, 1.807) is 0 Å². The zero-order valence-electron chi connectivity index (χ0n) is 11.3. The van der Waals surface area contributed by atoms with Crippen molar-refractivity contribution in [1.82, 2.24) is 0 Å². The van der Waals surface area contributed by atoms with Crippen LogP contribution in [0.15, 0.2) is 30.3 Å². The molecule has 1 aliphatic rings. The Kier molecular flexibility index (Phi) is 5.70. The third-order valence-electron chi connectivity index (χ3n) is 3.65. The summed E-state index contributed by atoms with van der Waals surface area (Å²) in [6.45, 7) is 0.893. The zero-order chi connectivity index (χ0) is 13.6. The molecule has 4 heteroatoms. The maximum Gasteiger partial charge on any atom is 0.0666 e. The van der Waals surface area contributed by atoms with Gasteiger partial charge in [0.05, 0.1) is 18.2 Å². The van der Waals surface area contributed by atoms with E-state index in [0.29, 0.717) is 6.10 Å². The number of benzene rings is 1. The van der Waals surface area contributed by atoms with E-state index >= 15 is 0 Å². The summed E-state index contributed by atoms with van der Waals surface area (Å²) >= 11 is 1.87. The third kappa shape index (κ3) is 4.21. The lowest BCUT2D eigenvalue weighted by Gasteiger charge is -2.27. The van der Waals surface area contributed by atoms with Crippen molar-refractivity contribution in [2.75, 3.05) is 24.7 Å². The van der Waals surface area contributed by atoms with Gasteiger partial charge < -0.3 is 15.6 Å². The first-order chi connectivity index (χ1) is 9.24. The Morgan fingerprint density at radius 2 is 2.16 bits per heavy atom. The Labute approximate surface area is 119 Å². The van der Waals surface area contributed by atoms with Crippen LogP contribution in [0.3, 0.4) is 0 Å². The van der Waals surface area contributed by atoms with E-state index in [0.717, 1.165) is 30.1 Å². The number of hydrogen-bond donors (Lipinski definition) is 2. The average molecular weight is 281 g/mol. The standard InChI is InChI=1S/C15H23NO2S/c16-15(12-17,13-5-2-1-3-6-13)8-10-19-11-14-7-4-9-18-14/h1-3,5-6,14,17H,4,7-12,16H2. The lowest BCUT2D eigenvalue weighted by atomic mass is 9.89. The molecule has 2 rings (SSSR count). The first-order valence-corrected chi connectivity index (χ1v) is 8.05. The van der Waals surface area contributed by atoms with Crippen LogP contribution in [0.4, 0.5) is 0 Å². The zero-order valence-corrected chi connectivity index (χ0v) is 12.1. The van der Waals surface area contributed by atoms with Gasteiger partial charge in [0, 0.05) is 12.4 Å². The van der Waals surface area contributed by atoms with Gasteiger partial charge in [0.1, 0.15) is 0 Å². The predicted octanol–water partition coefficient (Wildman–Crippen LogP) is 2.14. The first-order valence-electron chi connectivity index (χ1n) is 6.89. The Hall–Kier alpha value is -0.550. The van der Waals surface area contributed by atoms with Gasteiger partial charge in [0.15, 0.2) is 0 Å². The molecule has 0 amide bonds. The summed E-state index contributed by atoms with van der Waals surface area (Å²) in [6, 6.07) is 9.87. The number of aliphatic hydroxyl groups is 1. The fraction of sp³-hybridized carbons (Fsp3) is 0.600. The minimum Gasteiger partial charge on any atom is -0.394 e. The minimum absolute atomic E-state index is 0.0164. The summed E-state index contributed by atoms with van der Waals surface area (Å²) in [4.78, 5) is 0. The Balaban J connectivity index is 1.78. The predicted molar refractivity (Wildman–Crippen MR) is 80.3 cm³/mol. The second-order valence-electron chi connectivity index (χ2n) is 5.14.